The maximum Gasteiger partial charge on any atom is 0.292 e. The third-order valence-electron chi connectivity index (χ3n) is 4.68. The van der Waals surface area contributed by atoms with Gasteiger partial charge in [0.15, 0.2) is 31.1 Å². The van der Waals surface area contributed by atoms with Crippen LogP contribution in [0.1, 0.15) is 22.3 Å². The highest BCUT2D eigenvalue weighted by atomic mass is 35.5. The van der Waals surface area contributed by atoms with Gasteiger partial charge in [-0.05, 0) is 0 Å². The molecule has 39 heavy (non-hydrogen) atoms. The third kappa shape index (κ3) is 16.0. The molecule has 2 heterocycles. The Balaban J connectivity index is 0. The van der Waals surface area contributed by atoms with E-state index in [1.165, 1.54) is 18.5 Å². The molecule has 15 heteroatoms. The highest BCUT2D eigenvalue weighted by Gasteiger charge is 2.13. The van der Waals surface area contributed by atoms with Crippen LogP contribution in [0.25, 0.3) is 0 Å². The zero-order valence-corrected chi connectivity index (χ0v) is 22.9. The molecule has 0 bridgehead atoms. The topological polar surface area (TPSA) is 155 Å². The quantitative estimate of drug-likeness (QED) is 0.0459. The van der Waals surface area contributed by atoms with Crippen LogP contribution >= 0.6 is 0 Å². The van der Waals surface area contributed by atoms with Gasteiger partial charge in [-0.1, -0.05) is 15.5 Å². The number of halogens is 3. The molecule has 1 unspecified atom stereocenters. The van der Waals surface area contributed by atoms with E-state index in [0.717, 1.165) is 24.3 Å². The molecule has 2 aromatic rings. The monoisotopic (exact) mass is 602 g/mol. The van der Waals surface area contributed by atoms with Crippen LogP contribution in [0, 0.1) is 5.92 Å². The Labute approximate surface area is 244 Å². The summed E-state index contributed by atoms with van der Waals surface area (Å²) >= 11 is 0. The Morgan fingerprint density at radius 2 is 1.36 bits per heavy atom. The van der Waals surface area contributed by atoms with Gasteiger partial charge in [-0.15, -0.1) is 4.67 Å². The summed E-state index contributed by atoms with van der Waals surface area (Å²) in [5.74, 6) is -0.000137. The lowest BCUT2D eigenvalue weighted by molar-refractivity contribution is -0.734. The molecule has 0 amide bonds. The van der Waals surface area contributed by atoms with E-state index in [-0.39, 0.29) is 43.1 Å². The molecule has 0 aromatic carbocycles. The van der Waals surface area contributed by atoms with Gasteiger partial charge in [0.2, 0.25) is 0 Å². The van der Waals surface area contributed by atoms with Crippen LogP contribution in [0.15, 0.2) is 76.2 Å². The van der Waals surface area contributed by atoms with Gasteiger partial charge >= 0.3 is 0 Å². The van der Waals surface area contributed by atoms with Gasteiger partial charge in [-0.2, -0.15) is 9.13 Å². The van der Waals surface area contributed by atoms with Gasteiger partial charge in [0.25, 0.3) is 25.9 Å². The van der Waals surface area contributed by atoms with Gasteiger partial charge in [0, 0.05) is 53.0 Å². The number of oxime groups is 3. The molecule has 1 atom stereocenters. The van der Waals surface area contributed by atoms with Gasteiger partial charge in [0.05, 0.1) is 38.3 Å². The molecule has 0 saturated carbocycles. The highest BCUT2D eigenvalue weighted by molar-refractivity contribution is 6.06. The fourth-order valence-corrected chi connectivity index (χ4v) is 2.83. The van der Waals surface area contributed by atoms with Crippen molar-refractivity contribution in [3.63, 3.8) is 0 Å². The van der Waals surface area contributed by atoms with Crippen molar-refractivity contribution in [1.29, 1.82) is 0 Å². The number of aromatic nitrogens is 2. The number of nitrogens with zero attached hydrogens (tertiary/aromatic N) is 6. The molecule has 0 spiro atoms. The van der Waals surface area contributed by atoms with Crippen molar-refractivity contribution in [2.45, 2.75) is 19.9 Å². The summed E-state index contributed by atoms with van der Waals surface area (Å²) in [5.41, 5.74) is 1.71. The number of hydrogen-bond donors (Lipinski definition) is 3. The van der Waals surface area contributed by atoms with Crippen molar-refractivity contribution >= 4 is 37.4 Å². The summed E-state index contributed by atoms with van der Waals surface area (Å²) in [6, 6.07) is 7.01. The predicted octanol–water partition coefficient (Wildman–Crippen LogP) is -8.40. The molecular weight excluding hydrogens is 575 g/mol. The van der Waals surface area contributed by atoms with Crippen LogP contribution < -0.4 is 51.0 Å². The molecule has 0 aliphatic rings. The number of ether oxygens (including phenoxy) is 2. The van der Waals surface area contributed by atoms with Crippen molar-refractivity contribution in [1.82, 2.24) is 4.67 Å². The minimum Gasteiger partial charge on any atom is -1.00 e. The first-order valence-corrected chi connectivity index (χ1v) is 10.8. The van der Waals surface area contributed by atoms with Crippen LogP contribution in [0.3, 0.4) is 0 Å². The van der Waals surface area contributed by atoms with Gasteiger partial charge in [-0.25, -0.2) is 0 Å². The van der Waals surface area contributed by atoms with E-state index in [4.69, 9.17) is 25.1 Å². The second-order valence-corrected chi connectivity index (χ2v) is 7.39. The molecule has 2 aromatic heterocycles. The van der Waals surface area contributed by atoms with E-state index in [1.54, 1.807) is 42.9 Å². The first-order valence-electron chi connectivity index (χ1n) is 10.8. The smallest absolute Gasteiger partial charge is 0.292 e. The average molecular weight is 604 g/mol. The summed E-state index contributed by atoms with van der Waals surface area (Å²) in [6.07, 6.45) is 16.8. The molecule has 0 fully saturated rings. The summed E-state index contributed by atoms with van der Waals surface area (Å²) in [6.45, 7) is 1.45. The number of carbonyl (C=O) groups excluding carboxylic acids is 1. The van der Waals surface area contributed by atoms with Crippen LogP contribution in [0.4, 0.5) is 0 Å². The Bertz CT molecular complexity index is 1110. The van der Waals surface area contributed by atoms with Crippen molar-refractivity contribution in [3.05, 3.63) is 71.8 Å². The minimum absolute atomic E-state index is 0. The zero-order chi connectivity index (χ0) is 25.8. The maximum atomic E-state index is 10.8. The van der Waals surface area contributed by atoms with E-state index < -0.39 is 0 Å². The molecule has 212 valence electrons. The predicted molar refractivity (Wildman–Crippen MR) is 131 cm³/mol. The molecule has 0 saturated heterocycles. The fraction of sp³-hybridized carbons (Fsp3) is 0.250. The standard InChI is InChI=1S/C24H26N6O6.3ClH/c31-16-22-5-11-30(12-6-22)20-36-18-24(2-8-25-7-1-23(14-27-33)15-28-34)17-35-19-29-9-3-21(4-10-29)13-26-32;;;/h1,3-16,24H,2,17-20H2;3*1H. The summed E-state index contributed by atoms with van der Waals surface area (Å²) in [4.78, 5) is 10.8. The Morgan fingerprint density at radius 1 is 0.846 bits per heavy atom. The van der Waals surface area contributed by atoms with Crippen LogP contribution in [0.2, 0.25) is 0 Å². The zero-order valence-electron chi connectivity index (χ0n) is 20.7. The van der Waals surface area contributed by atoms with E-state index >= 15 is 0 Å². The summed E-state index contributed by atoms with van der Waals surface area (Å²) in [7, 11) is 0. The lowest BCUT2D eigenvalue weighted by atomic mass is 10.1. The summed E-state index contributed by atoms with van der Waals surface area (Å²) in [5, 5.41) is 34.6. The number of allylic oxidation sites excluding steroid dienone is 2. The minimum atomic E-state index is -0.000137. The SMILES string of the molecule is O=Cc1cc[n+](COCC(CC=[N+]=CC=C(/C=N/O)/C=N/O)COC[n+]2ccc(/C=N/O)cc2)cc1.[Cl-].[Cl-].[Cl-]. The van der Waals surface area contributed by atoms with Crippen molar-refractivity contribution in [2.75, 3.05) is 13.2 Å². The van der Waals surface area contributed by atoms with Crippen LogP contribution in [0.5, 0.6) is 0 Å². The Hall–Kier alpha value is -3.64. The Kier molecular flexibility index (Phi) is 22.6. The first kappa shape index (κ1) is 37.5. The number of hydrogen-bond acceptors (Lipinski definition) is 9. The fourth-order valence-electron chi connectivity index (χ4n) is 2.83. The van der Waals surface area contributed by atoms with Gasteiger partial charge in [0.1, 0.15) is 0 Å². The molecule has 0 aliphatic carbocycles. The third-order valence-corrected chi connectivity index (χ3v) is 4.68. The molecule has 0 aliphatic heterocycles. The number of pyridine rings is 2. The van der Waals surface area contributed by atoms with E-state index in [1.807, 2.05) is 21.5 Å². The number of aldehydes is 1. The molecule has 0 radical (unpaired) electrons. The second-order valence-electron chi connectivity index (χ2n) is 7.39. The lowest BCUT2D eigenvalue weighted by Gasteiger charge is -2.12. The molecule has 2 rings (SSSR count). The molecule has 3 N–H and O–H groups in total. The van der Waals surface area contributed by atoms with Crippen molar-refractivity contribution < 1.29 is 76.2 Å². The van der Waals surface area contributed by atoms with E-state index in [2.05, 4.69) is 20.1 Å². The Morgan fingerprint density at radius 3 is 1.82 bits per heavy atom. The molecular formula is C24H29Cl3N6O6. The number of rotatable bonds is 15. The second kappa shape index (κ2) is 23.5. The van der Waals surface area contributed by atoms with Crippen molar-refractivity contribution in [3.8, 4) is 0 Å². The number of carbonyl (C=O) groups is 1. The van der Waals surface area contributed by atoms with Gasteiger partial charge < -0.3 is 62.3 Å². The van der Waals surface area contributed by atoms with E-state index in [9.17, 15) is 4.79 Å². The summed E-state index contributed by atoms with van der Waals surface area (Å²) < 4.78 is 19.5. The largest absolute Gasteiger partial charge is 1.00 e. The van der Waals surface area contributed by atoms with Crippen LogP contribution in [-0.4, -0.2) is 66.2 Å². The maximum absolute atomic E-state index is 10.8. The van der Waals surface area contributed by atoms with E-state index in [0.29, 0.717) is 44.2 Å². The lowest BCUT2D eigenvalue weighted by Crippen LogP contribution is -3.00. The average Bonchev–Trinajstić information content (AvgIpc) is 2.90. The first-order chi connectivity index (χ1) is 17.7. The highest BCUT2D eigenvalue weighted by Crippen LogP contribution is 2.03. The van der Waals surface area contributed by atoms with Crippen LogP contribution in [-0.2, 0) is 22.9 Å². The normalized spacial score (nSPS) is 11.1. The van der Waals surface area contributed by atoms with Gasteiger partial charge in [-0.3, -0.25) is 4.79 Å². The molecule has 12 nitrogen and oxygen atoms in total. The van der Waals surface area contributed by atoms with Crippen molar-refractivity contribution in [2.24, 2.45) is 21.4 Å².